The third kappa shape index (κ3) is 5.24. The topological polar surface area (TPSA) is 79.8 Å². The molecule has 0 heterocycles. The molecule has 2 amide bonds. The summed E-state index contributed by atoms with van der Waals surface area (Å²) >= 11 is 0. The number of hydrazone groups is 1. The van der Waals surface area contributed by atoms with E-state index in [0.717, 1.165) is 11.1 Å². The van der Waals surface area contributed by atoms with E-state index in [1.165, 1.54) is 18.8 Å². The molecule has 2 N–H and O–H groups in total. The van der Waals surface area contributed by atoms with E-state index in [2.05, 4.69) is 15.8 Å². The largest absolute Gasteiger partial charge is 0.489 e. The number of nitrogens with one attached hydrogen (secondary N) is 2. The van der Waals surface area contributed by atoms with Crippen LogP contribution in [0.25, 0.3) is 0 Å². The highest BCUT2D eigenvalue weighted by atomic mass is 16.5. The molecular formula is C18H19N3O3. The van der Waals surface area contributed by atoms with Gasteiger partial charge in [0.25, 0.3) is 0 Å². The summed E-state index contributed by atoms with van der Waals surface area (Å²) in [5.41, 5.74) is 5.17. The van der Waals surface area contributed by atoms with Crippen LogP contribution in [0, 0.1) is 6.92 Å². The summed E-state index contributed by atoms with van der Waals surface area (Å²) in [5, 5.41) is 5.95. The second-order valence-electron chi connectivity index (χ2n) is 5.13. The van der Waals surface area contributed by atoms with Crippen LogP contribution in [-0.2, 0) is 16.2 Å². The standard InChI is InChI=1S/C18H19N3O3/c1-13-6-8-14(9-7-13)12-24-16-5-3-4-15(10-16)11-20-21-18(23)17(22)19-2/h3-11H,12H2,1-2H3,(H,19,22)(H,21,23)/b20-11-. The lowest BCUT2D eigenvalue weighted by Gasteiger charge is -2.07. The minimum atomic E-state index is -0.819. The molecule has 0 bridgehead atoms. The third-order valence-corrected chi connectivity index (χ3v) is 3.20. The molecule has 0 aliphatic rings. The molecule has 124 valence electrons. The number of ether oxygens (including phenoxy) is 1. The maximum absolute atomic E-state index is 11.3. The van der Waals surface area contributed by atoms with Crippen molar-refractivity contribution in [3.8, 4) is 5.75 Å². The van der Waals surface area contributed by atoms with Crippen molar-refractivity contribution in [2.24, 2.45) is 5.10 Å². The van der Waals surface area contributed by atoms with Crippen LogP contribution in [0.15, 0.2) is 53.6 Å². The van der Waals surface area contributed by atoms with Gasteiger partial charge in [0.05, 0.1) is 6.21 Å². The number of amides is 2. The van der Waals surface area contributed by atoms with Gasteiger partial charge in [-0.2, -0.15) is 5.10 Å². The summed E-state index contributed by atoms with van der Waals surface area (Å²) in [7, 11) is 1.38. The number of rotatable bonds is 5. The minimum Gasteiger partial charge on any atom is -0.489 e. The first-order valence-corrected chi connectivity index (χ1v) is 7.42. The van der Waals surface area contributed by atoms with Crippen molar-refractivity contribution in [3.63, 3.8) is 0 Å². The predicted molar refractivity (Wildman–Crippen MR) is 91.8 cm³/mol. The van der Waals surface area contributed by atoms with E-state index >= 15 is 0 Å². The first kappa shape index (κ1) is 17.2. The molecule has 0 atom stereocenters. The Morgan fingerprint density at radius 1 is 1.12 bits per heavy atom. The fraction of sp³-hybridized carbons (Fsp3) is 0.167. The van der Waals surface area contributed by atoms with Crippen LogP contribution in [-0.4, -0.2) is 25.1 Å². The van der Waals surface area contributed by atoms with E-state index < -0.39 is 11.8 Å². The maximum Gasteiger partial charge on any atom is 0.329 e. The van der Waals surface area contributed by atoms with Gasteiger partial charge in [0.15, 0.2) is 0 Å². The molecule has 0 saturated heterocycles. The molecule has 0 aliphatic heterocycles. The molecule has 2 aromatic carbocycles. The molecule has 2 rings (SSSR count). The fourth-order valence-electron chi connectivity index (χ4n) is 1.87. The van der Waals surface area contributed by atoms with E-state index in [0.29, 0.717) is 12.4 Å². The Bertz CT molecular complexity index is 739. The number of carbonyl (C=O) groups is 2. The van der Waals surface area contributed by atoms with E-state index in [1.54, 1.807) is 6.07 Å². The number of carbonyl (C=O) groups excluding carboxylic acids is 2. The number of aryl methyl sites for hydroxylation is 1. The van der Waals surface area contributed by atoms with Gasteiger partial charge in [-0.05, 0) is 30.2 Å². The number of nitrogens with zero attached hydrogens (tertiary/aromatic N) is 1. The van der Waals surface area contributed by atoms with Crippen LogP contribution in [0.2, 0.25) is 0 Å². The van der Waals surface area contributed by atoms with Crippen molar-refractivity contribution in [1.29, 1.82) is 0 Å². The molecule has 6 heteroatoms. The molecule has 6 nitrogen and oxygen atoms in total. The van der Waals surface area contributed by atoms with E-state index in [9.17, 15) is 9.59 Å². The third-order valence-electron chi connectivity index (χ3n) is 3.20. The van der Waals surface area contributed by atoms with Gasteiger partial charge in [-0.1, -0.05) is 42.0 Å². The molecule has 0 spiro atoms. The summed E-state index contributed by atoms with van der Waals surface area (Å²) in [5.74, 6) is -0.875. The zero-order valence-corrected chi connectivity index (χ0v) is 13.6. The molecular weight excluding hydrogens is 306 g/mol. The average Bonchev–Trinajstić information content (AvgIpc) is 2.61. The van der Waals surface area contributed by atoms with Gasteiger partial charge in [-0.25, -0.2) is 5.43 Å². The van der Waals surface area contributed by atoms with Crippen LogP contribution in [0.5, 0.6) is 5.75 Å². The Morgan fingerprint density at radius 2 is 1.88 bits per heavy atom. The monoisotopic (exact) mass is 325 g/mol. The van der Waals surface area contributed by atoms with Crippen molar-refractivity contribution in [2.75, 3.05) is 7.05 Å². The van der Waals surface area contributed by atoms with Crippen LogP contribution in [0.1, 0.15) is 16.7 Å². The lowest BCUT2D eigenvalue weighted by Crippen LogP contribution is -2.35. The van der Waals surface area contributed by atoms with Gasteiger partial charge in [0.1, 0.15) is 12.4 Å². The van der Waals surface area contributed by atoms with Gasteiger partial charge in [0.2, 0.25) is 0 Å². The van der Waals surface area contributed by atoms with Crippen molar-refractivity contribution in [2.45, 2.75) is 13.5 Å². The highest BCUT2D eigenvalue weighted by Crippen LogP contribution is 2.14. The molecule has 0 unspecified atom stereocenters. The van der Waals surface area contributed by atoms with Gasteiger partial charge >= 0.3 is 11.8 Å². The van der Waals surface area contributed by atoms with Crippen molar-refractivity contribution < 1.29 is 14.3 Å². The van der Waals surface area contributed by atoms with Crippen molar-refractivity contribution in [3.05, 3.63) is 65.2 Å². The Morgan fingerprint density at radius 3 is 2.58 bits per heavy atom. The number of likely N-dealkylation sites (N-methyl/N-ethyl adjacent to an activating group) is 1. The Hall–Kier alpha value is -3.15. The molecule has 2 aromatic rings. The van der Waals surface area contributed by atoms with Gasteiger partial charge < -0.3 is 10.1 Å². The number of hydrogen-bond acceptors (Lipinski definition) is 4. The first-order valence-electron chi connectivity index (χ1n) is 7.42. The molecule has 0 saturated carbocycles. The zero-order valence-electron chi connectivity index (χ0n) is 13.6. The van der Waals surface area contributed by atoms with Crippen molar-refractivity contribution >= 4 is 18.0 Å². The van der Waals surface area contributed by atoms with Gasteiger partial charge in [0, 0.05) is 7.05 Å². The van der Waals surface area contributed by atoms with Crippen LogP contribution in [0.3, 0.4) is 0 Å². The molecule has 0 fully saturated rings. The molecule has 24 heavy (non-hydrogen) atoms. The summed E-state index contributed by atoms with van der Waals surface area (Å²) in [4.78, 5) is 22.3. The van der Waals surface area contributed by atoms with Gasteiger partial charge in [-0.3, -0.25) is 9.59 Å². The molecule has 0 aromatic heterocycles. The highest BCUT2D eigenvalue weighted by molar-refractivity contribution is 6.34. The zero-order chi connectivity index (χ0) is 17.4. The van der Waals surface area contributed by atoms with Crippen LogP contribution >= 0.6 is 0 Å². The lowest BCUT2D eigenvalue weighted by atomic mass is 10.2. The Kier molecular flexibility index (Phi) is 6.08. The number of hydrogen-bond donors (Lipinski definition) is 2. The first-order chi connectivity index (χ1) is 11.6. The fourth-order valence-corrected chi connectivity index (χ4v) is 1.87. The predicted octanol–water partition coefficient (Wildman–Crippen LogP) is 1.77. The second-order valence-corrected chi connectivity index (χ2v) is 5.13. The maximum atomic E-state index is 11.3. The van der Waals surface area contributed by atoms with Crippen LogP contribution in [0.4, 0.5) is 0 Å². The lowest BCUT2D eigenvalue weighted by molar-refractivity contribution is -0.138. The summed E-state index contributed by atoms with van der Waals surface area (Å²) in [6.45, 7) is 2.50. The second kappa shape index (κ2) is 8.47. The Labute approximate surface area is 140 Å². The Balaban J connectivity index is 1.92. The normalized spacial score (nSPS) is 10.4. The van der Waals surface area contributed by atoms with E-state index in [4.69, 9.17) is 4.74 Å². The average molecular weight is 325 g/mol. The quantitative estimate of drug-likeness (QED) is 0.499. The minimum absolute atomic E-state index is 0.467. The summed E-state index contributed by atoms with van der Waals surface area (Å²) < 4.78 is 5.74. The summed E-state index contributed by atoms with van der Waals surface area (Å²) in [6, 6.07) is 15.4. The van der Waals surface area contributed by atoms with Crippen LogP contribution < -0.4 is 15.5 Å². The molecule has 0 radical (unpaired) electrons. The number of benzene rings is 2. The van der Waals surface area contributed by atoms with E-state index in [-0.39, 0.29) is 0 Å². The van der Waals surface area contributed by atoms with E-state index in [1.807, 2.05) is 49.4 Å². The smallest absolute Gasteiger partial charge is 0.329 e. The SMILES string of the molecule is CNC(=O)C(=O)N/N=C\c1cccc(OCc2ccc(C)cc2)c1. The van der Waals surface area contributed by atoms with Crippen molar-refractivity contribution in [1.82, 2.24) is 10.7 Å². The summed E-state index contributed by atoms with van der Waals surface area (Å²) in [6.07, 6.45) is 1.44. The molecule has 0 aliphatic carbocycles. The van der Waals surface area contributed by atoms with Gasteiger partial charge in [-0.15, -0.1) is 0 Å². The highest BCUT2D eigenvalue weighted by Gasteiger charge is 2.08.